The molecule has 0 aromatic rings. The van der Waals surface area contributed by atoms with Crippen LogP contribution in [0.2, 0.25) is 0 Å². The Morgan fingerprint density at radius 2 is 0.494 bits per heavy atom. The molecule has 0 spiro atoms. The lowest BCUT2D eigenvalue weighted by Gasteiger charge is -2.18. The van der Waals surface area contributed by atoms with Gasteiger partial charge in [0, 0.05) is 19.3 Å². The van der Waals surface area contributed by atoms with E-state index in [2.05, 4.69) is 167 Å². The second-order valence-corrected chi connectivity index (χ2v) is 20.9. The smallest absolute Gasteiger partial charge is 0.306 e. The highest BCUT2D eigenvalue weighted by Gasteiger charge is 2.19. The van der Waals surface area contributed by atoms with Gasteiger partial charge in [-0.15, -0.1) is 0 Å². The summed E-state index contributed by atoms with van der Waals surface area (Å²) in [7, 11) is 0. The summed E-state index contributed by atoms with van der Waals surface area (Å²) in [6.45, 7) is 6.35. The van der Waals surface area contributed by atoms with Crippen molar-refractivity contribution in [2.24, 2.45) is 0 Å². The minimum atomic E-state index is -0.804. The lowest BCUT2D eigenvalue weighted by Crippen LogP contribution is -2.30. The molecule has 0 rings (SSSR count). The second-order valence-electron chi connectivity index (χ2n) is 20.9. The fraction of sp³-hybridized carbons (Fsp3) is 0.630. The van der Waals surface area contributed by atoms with Crippen molar-refractivity contribution in [1.29, 1.82) is 0 Å². The van der Waals surface area contributed by atoms with Gasteiger partial charge in [0.1, 0.15) is 13.2 Å². The molecule has 0 bridgehead atoms. The Hall–Kier alpha value is -4.71. The van der Waals surface area contributed by atoms with Gasteiger partial charge in [0.15, 0.2) is 6.10 Å². The molecule has 0 amide bonds. The zero-order valence-electron chi connectivity index (χ0n) is 51.1. The normalized spacial score (nSPS) is 13.1. The van der Waals surface area contributed by atoms with Crippen molar-refractivity contribution < 1.29 is 28.6 Å². The summed E-state index contributed by atoms with van der Waals surface area (Å²) in [6.07, 6.45) is 94.2. The predicted molar refractivity (Wildman–Crippen MR) is 343 cm³/mol. The third kappa shape index (κ3) is 64.0. The number of hydrogen-bond acceptors (Lipinski definition) is 6. The van der Waals surface area contributed by atoms with Crippen molar-refractivity contribution in [1.82, 2.24) is 0 Å². The van der Waals surface area contributed by atoms with Gasteiger partial charge in [-0.25, -0.2) is 0 Å². The predicted octanol–water partition coefficient (Wildman–Crippen LogP) is 22.3. The molecule has 0 saturated heterocycles. The number of unbranched alkanes of at least 4 members (excludes halogenated alkanes) is 22. The molecule has 0 aromatic carbocycles. The van der Waals surface area contributed by atoms with Crippen molar-refractivity contribution >= 4 is 17.9 Å². The van der Waals surface area contributed by atoms with E-state index in [1.54, 1.807) is 0 Å². The van der Waals surface area contributed by atoms with Crippen molar-refractivity contribution in [2.75, 3.05) is 13.2 Å². The molecule has 0 radical (unpaired) electrons. The van der Waals surface area contributed by atoms with E-state index in [0.29, 0.717) is 19.3 Å². The fourth-order valence-electron chi connectivity index (χ4n) is 8.53. The maximum absolute atomic E-state index is 12.9. The first-order valence-corrected chi connectivity index (χ1v) is 32.3. The molecule has 6 heteroatoms. The number of rotatable bonds is 57. The average Bonchev–Trinajstić information content (AvgIpc) is 3.45. The molecule has 1 unspecified atom stereocenters. The van der Waals surface area contributed by atoms with Crippen LogP contribution in [0.4, 0.5) is 0 Å². The van der Waals surface area contributed by atoms with Gasteiger partial charge in [-0.1, -0.05) is 263 Å². The van der Waals surface area contributed by atoms with Gasteiger partial charge < -0.3 is 14.2 Å². The zero-order valence-corrected chi connectivity index (χ0v) is 51.1. The number of hydrogen-bond donors (Lipinski definition) is 0. The molecule has 6 nitrogen and oxygen atoms in total. The number of ether oxygens (including phenoxy) is 3. The topological polar surface area (TPSA) is 78.9 Å². The Balaban J connectivity index is 4.37. The van der Waals surface area contributed by atoms with Crippen LogP contribution in [-0.4, -0.2) is 37.2 Å². The first-order valence-electron chi connectivity index (χ1n) is 32.3. The Morgan fingerprint density at radius 3 is 0.785 bits per heavy atom. The van der Waals surface area contributed by atoms with E-state index in [9.17, 15) is 14.4 Å². The molecule has 0 aliphatic heterocycles. The van der Waals surface area contributed by atoms with Crippen molar-refractivity contribution in [3.63, 3.8) is 0 Å². The van der Waals surface area contributed by atoms with Crippen molar-refractivity contribution in [3.05, 3.63) is 146 Å². The number of carbonyl (C=O) groups is 3. The van der Waals surface area contributed by atoms with Gasteiger partial charge in [0.25, 0.3) is 0 Å². The molecule has 0 heterocycles. The third-order valence-electron chi connectivity index (χ3n) is 13.3. The SMILES string of the molecule is CC/C=C\C/C=C\C/C=C\C/C=C\C/C=C\C/C=C\C/C=C\CCCCCCCCCC(=O)OCC(COC(=O)CCCCC/C=C\C/C=C\C/C=C\CC)OC(=O)CCCCCCCCCCC/C=C\C/C=C\CCCCC. The van der Waals surface area contributed by atoms with Crippen LogP contribution < -0.4 is 0 Å². The van der Waals surface area contributed by atoms with Gasteiger partial charge in [-0.2, -0.15) is 0 Å². The molecule has 446 valence electrons. The lowest BCUT2D eigenvalue weighted by molar-refractivity contribution is -0.167. The van der Waals surface area contributed by atoms with E-state index in [4.69, 9.17) is 14.2 Å². The van der Waals surface area contributed by atoms with Crippen molar-refractivity contribution in [3.8, 4) is 0 Å². The third-order valence-corrected chi connectivity index (χ3v) is 13.3. The van der Waals surface area contributed by atoms with E-state index < -0.39 is 6.10 Å². The van der Waals surface area contributed by atoms with E-state index in [0.717, 1.165) is 141 Å². The molecule has 0 N–H and O–H groups in total. The molecule has 0 saturated carbocycles. The van der Waals surface area contributed by atoms with Crippen molar-refractivity contribution in [2.45, 2.75) is 284 Å². The standard InChI is InChI=1S/C73H118O6/c1-4-7-10-13-16-19-22-25-27-29-31-32-33-34-35-36-37-38-39-40-42-43-45-48-51-54-57-60-63-66-72(75)78-69-70(68-77-71(74)65-62-59-56-53-50-47-24-21-18-15-12-9-6-3)79-73(76)67-64-61-58-55-52-49-46-44-41-30-28-26-23-20-17-14-11-8-5-2/h7,9-10,12,16-21,25-28,31-32,34-35,37-38,40,42,47,50,70H,4-6,8,11,13-15,22-24,29-30,33,36,39,41,43-46,48-49,51-69H2,1-3H3/b10-7-,12-9-,19-16-,20-17-,21-18-,27-25-,28-26-,32-31-,35-34-,38-37-,42-40-,50-47-. The summed E-state index contributed by atoms with van der Waals surface area (Å²) in [4.78, 5) is 38.3. The van der Waals surface area contributed by atoms with Crippen LogP contribution in [0.15, 0.2) is 146 Å². The molecule has 1 atom stereocenters. The van der Waals surface area contributed by atoms with Crippen LogP contribution >= 0.6 is 0 Å². The maximum Gasteiger partial charge on any atom is 0.306 e. The highest BCUT2D eigenvalue weighted by atomic mass is 16.6. The van der Waals surface area contributed by atoms with Gasteiger partial charge in [-0.05, 0) is 141 Å². The highest BCUT2D eigenvalue weighted by molar-refractivity contribution is 5.71. The monoisotopic (exact) mass is 1090 g/mol. The molecular formula is C73H118O6. The summed E-state index contributed by atoms with van der Waals surface area (Å²) < 4.78 is 16.9. The summed E-state index contributed by atoms with van der Waals surface area (Å²) in [5.41, 5.74) is 0. The minimum absolute atomic E-state index is 0.0997. The Kier molecular flexibility index (Phi) is 61.9. The minimum Gasteiger partial charge on any atom is -0.462 e. The van der Waals surface area contributed by atoms with Crippen LogP contribution in [0.25, 0.3) is 0 Å². The summed E-state index contributed by atoms with van der Waals surface area (Å²) in [5, 5.41) is 0. The Morgan fingerprint density at radius 1 is 0.266 bits per heavy atom. The van der Waals surface area contributed by atoms with Gasteiger partial charge in [-0.3, -0.25) is 14.4 Å². The van der Waals surface area contributed by atoms with Crippen LogP contribution in [0.1, 0.15) is 278 Å². The molecule has 0 fully saturated rings. The maximum atomic E-state index is 12.9. The summed E-state index contributed by atoms with van der Waals surface area (Å²) in [6, 6.07) is 0. The Bertz CT molecular complexity index is 1730. The highest BCUT2D eigenvalue weighted by Crippen LogP contribution is 2.15. The van der Waals surface area contributed by atoms with E-state index in [-0.39, 0.29) is 31.1 Å². The summed E-state index contributed by atoms with van der Waals surface area (Å²) >= 11 is 0. The van der Waals surface area contributed by atoms with Crippen LogP contribution in [-0.2, 0) is 28.6 Å². The van der Waals surface area contributed by atoms with Gasteiger partial charge >= 0.3 is 17.9 Å². The average molecular weight is 1090 g/mol. The number of esters is 3. The fourth-order valence-corrected chi connectivity index (χ4v) is 8.53. The van der Waals surface area contributed by atoms with Gasteiger partial charge in [0.05, 0.1) is 0 Å². The quantitative estimate of drug-likeness (QED) is 0.0261. The lowest BCUT2D eigenvalue weighted by atomic mass is 10.1. The van der Waals surface area contributed by atoms with Crippen LogP contribution in [0, 0.1) is 0 Å². The molecule has 0 aliphatic carbocycles. The van der Waals surface area contributed by atoms with E-state index in [1.807, 2.05) is 0 Å². The molecule has 79 heavy (non-hydrogen) atoms. The van der Waals surface area contributed by atoms with E-state index in [1.165, 1.54) is 96.3 Å². The Labute approximate surface area is 487 Å². The van der Waals surface area contributed by atoms with E-state index >= 15 is 0 Å². The molecule has 0 aromatic heterocycles. The first kappa shape index (κ1) is 74.3. The number of carbonyl (C=O) groups excluding carboxylic acids is 3. The van der Waals surface area contributed by atoms with Gasteiger partial charge in [0.2, 0.25) is 0 Å². The molecule has 0 aliphatic rings. The second kappa shape index (κ2) is 65.8. The summed E-state index contributed by atoms with van der Waals surface area (Å²) in [5.74, 6) is -0.944. The first-order chi connectivity index (χ1) is 39.0. The zero-order chi connectivity index (χ0) is 57.1. The molecular weight excluding hydrogens is 973 g/mol. The van der Waals surface area contributed by atoms with Crippen LogP contribution in [0.5, 0.6) is 0 Å². The number of allylic oxidation sites excluding steroid dienone is 24. The largest absolute Gasteiger partial charge is 0.462 e. The van der Waals surface area contributed by atoms with Crippen LogP contribution in [0.3, 0.4) is 0 Å².